The van der Waals surface area contributed by atoms with Gasteiger partial charge in [-0.25, -0.2) is 0 Å². The Labute approximate surface area is 166 Å². The molecule has 0 spiro atoms. The van der Waals surface area contributed by atoms with Crippen LogP contribution in [0.3, 0.4) is 0 Å². The lowest BCUT2D eigenvalue weighted by Crippen LogP contribution is -2.15. The number of rotatable bonds is 17. The Balaban J connectivity index is 1.90. The van der Waals surface area contributed by atoms with Gasteiger partial charge in [0, 0.05) is 11.6 Å². The first kappa shape index (κ1) is 23.7. The van der Waals surface area contributed by atoms with Gasteiger partial charge < -0.3 is 4.74 Å². The third-order valence-electron chi connectivity index (χ3n) is 5.37. The van der Waals surface area contributed by atoms with Crippen molar-refractivity contribution >= 4 is 11.6 Å². The van der Waals surface area contributed by atoms with E-state index in [4.69, 9.17) is 4.74 Å². The Hall–Kier alpha value is -1.38. The van der Waals surface area contributed by atoms with E-state index < -0.39 is 0 Å². The van der Waals surface area contributed by atoms with Crippen LogP contribution in [0.2, 0.25) is 0 Å². The predicted octanol–water partition coefficient (Wildman–Crippen LogP) is 6.86. The standard InChI is InChI=1S/C24H40O3/c1-3-4-5-6-7-8-9-10-11-12-13-14-15-16-17-18-21-19-22(25)20-23(27-2)24(21)26/h19-20H,3-18H2,1-2H3. The maximum absolute atomic E-state index is 12.1. The van der Waals surface area contributed by atoms with Crippen LogP contribution in [0.5, 0.6) is 0 Å². The lowest BCUT2D eigenvalue weighted by atomic mass is 9.96. The Morgan fingerprint density at radius 1 is 0.667 bits per heavy atom. The van der Waals surface area contributed by atoms with Crippen LogP contribution in [0, 0.1) is 0 Å². The van der Waals surface area contributed by atoms with Gasteiger partial charge in [-0.3, -0.25) is 9.59 Å². The van der Waals surface area contributed by atoms with Crippen molar-refractivity contribution in [2.75, 3.05) is 7.11 Å². The minimum absolute atomic E-state index is 0.123. The van der Waals surface area contributed by atoms with Crippen molar-refractivity contribution in [1.82, 2.24) is 0 Å². The van der Waals surface area contributed by atoms with Gasteiger partial charge in [-0.05, 0) is 18.9 Å². The quantitative estimate of drug-likeness (QED) is 0.206. The van der Waals surface area contributed by atoms with Crippen molar-refractivity contribution < 1.29 is 14.3 Å². The highest BCUT2D eigenvalue weighted by Gasteiger charge is 2.21. The lowest BCUT2D eigenvalue weighted by molar-refractivity contribution is -0.117. The Bertz CT molecular complexity index is 488. The number of ketones is 2. The zero-order chi connectivity index (χ0) is 19.7. The number of Topliss-reactive ketones (excluding diaryl/α,β-unsaturated/α-hetero) is 1. The first-order chi connectivity index (χ1) is 13.2. The molecule has 0 heterocycles. The van der Waals surface area contributed by atoms with Gasteiger partial charge in [-0.15, -0.1) is 0 Å². The van der Waals surface area contributed by atoms with E-state index >= 15 is 0 Å². The highest BCUT2D eigenvalue weighted by molar-refractivity contribution is 6.19. The Morgan fingerprint density at radius 3 is 1.56 bits per heavy atom. The topological polar surface area (TPSA) is 43.4 Å². The fourth-order valence-electron chi connectivity index (χ4n) is 3.66. The number of allylic oxidation sites excluding steroid dienone is 3. The molecule has 154 valence electrons. The van der Waals surface area contributed by atoms with Gasteiger partial charge >= 0.3 is 0 Å². The monoisotopic (exact) mass is 376 g/mol. The van der Waals surface area contributed by atoms with E-state index in [0.29, 0.717) is 12.0 Å². The lowest BCUT2D eigenvalue weighted by Gasteiger charge is -2.12. The van der Waals surface area contributed by atoms with Crippen LogP contribution in [0.4, 0.5) is 0 Å². The van der Waals surface area contributed by atoms with Crippen LogP contribution in [-0.2, 0) is 14.3 Å². The number of hydrogen-bond donors (Lipinski definition) is 0. The zero-order valence-electron chi connectivity index (χ0n) is 17.7. The van der Waals surface area contributed by atoms with Crippen molar-refractivity contribution in [2.24, 2.45) is 0 Å². The number of hydrogen-bond acceptors (Lipinski definition) is 3. The summed E-state index contributed by atoms with van der Waals surface area (Å²) < 4.78 is 4.98. The van der Waals surface area contributed by atoms with Crippen molar-refractivity contribution in [3.63, 3.8) is 0 Å². The van der Waals surface area contributed by atoms with E-state index in [1.165, 1.54) is 103 Å². The molecule has 1 aliphatic rings. The second kappa shape index (κ2) is 15.7. The summed E-state index contributed by atoms with van der Waals surface area (Å²) in [5.74, 6) is -0.0802. The largest absolute Gasteiger partial charge is 0.493 e. The smallest absolute Gasteiger partial charge is 0.223 e. The molecule has 0 amide bonds. The van der Waals surface area contributed by atoms with Crippen LogP contribution < -0.4 is 0 Å². The fraction of sp³-hybridized carbons (Fsp3) is 0.750. The summed E-state index contributed by atoms with van der Waals surface area (Å²) in [6.07, 6.45) is 23.3. The number of carbonyl (C=O) groups is 2. The van der Waals surface area contributed by atoms with E-state index in [2.05, 4.69) is 6.92 Å². The summed E-state index contributed by atoms with van der Waals surface area (Å²) in [5.41, 5.74) is 0.606. The van der Waals surface area contributed by atoms with E-state index in [1.54, 1.807) is 0 Å². The normalized spacial score (nSPS) is 14.3. The molecular weight excluding hydrogens is 336 g/mol. The van der Waals surface area contributed by atoms with Gasteiger partial charge in [0.05, 0.1) is 7.11 Å². The van der Waals surface area contributed by atoms with Crippen LogP contribution in [0.1, 0.15) is 110 Å². The molecule has 0 aliphatic heterocycles. The SMILES string of the molecule is CCCCCCCCCCCCCCCCCC1=CC(=O)C=C(OC)C1=O. The van der Waals surface area contributed by atoms with Gasteiger partial charge in [0.1, 0.15) is 0 Å². The second-order valence-electron chi connectivity index (χ2n) is 7.81. The molecule has 3 nitrogen and oxygen atoms in total. The molecule has 0 atom stereocenters. The molecule has 0 unspecified atom stereocenters. The fourth-order valence-corrected chi connectivity index (χ4v) is 3.66. The molecule has 1 rings (SSSR count). The third-order valence-corrected chi connectivity index (χ3v) is 5.37. The third kappa shape index (κ3) is 11.1. The van der Waals surface area contributed by atoms with Gasteiger partial charge in [0.2, 0.25) is 5.78 Å². The Kier molecular flexibility index (Phi) is 13.7. The zero-order valence-corrected chi connectivity index (χ0v) is 17.7. The number of ether oxygens (including phenoxy) is 1. The van der Waals surface area contributed by atoms with Crippen LogP contribution in [0.15, 0.2) is 23.5 Å². The summed E-state index contributed by atoms with van der Waals surface area (Å²) in [4.78, 5) is 23.6. The molecule has 0 aromatic carbocycles. The van der Waals surface area contributed by atoms with Crippen molar-refractivity contribution in [3.05, 3.63) is 23.5 Å². The summed E-state index contributed by atoms with van der Waals surface area (Å²) >= 11 is 0. The maximum Gasteiger partial charge on any atom is 0.223 e. The van der Waals surface area contributed by atoms with Gasteiger partial charge in [-0.1, -0.05) is 96.8 Å². The average molecular weight is 377 g/mol. The second-order valence-corrected chi connectivity index (χ2v) is 7.81. The molecule has 0 saturated carbocycles. The van der Waals surface area contributed by atoms with Crippen LogP contribution in [-0.4, -0.2) is 18.7 Å². The average Bonchev–Trinajstić information content (AvgIpc) is 2.67. The van der Waals surface area contributed by atoms with E-state index in [1.807, 2.05) is 0 Å². The van der Waals surface area contributed by atoms with Crippen LogP contribution in [0.25, 0.3) is 0 Å². The van der Waals surface area contributed by atoms with Gasteiger partial charge in [0.25, 0.3) is 0 Å². The Morgan fingerprint density at radius 2 is 1.11 bits per heavy atom. The molecule has 0 saturated heterocycles. The molecule has 0 fully saturated rings. The highest BCUT2D eigenvalue weighted by atomic mass is 16.5. The van der Waals surface area contributed by atoms with Crippen molar-refractivity contribution in [2.45, 2.75) is 110 Å². The molecule has 27 heavy (non-hydrogen) atoms. The van der Waals surface area contributed by atoms with Crippen molar-refractivity contribution in [1.29, 1.82) is 0 Å². The van der Waals surface area contributed by atoms with Gasteiger partial charge in [-0.2, -0.15) is 0 Å². The summed E-state index contributed by atoms with van der Waals surface area (Å²) in [6.45, 7) is 2.27. The summed E-state index contributed by atoms with van der Waals surface area (Å²) in [7, 11) is 1.44. The molecule has 0 N–H and O–H groups in total. The molecule has 0 aromatic heterocycles. The molecule has 0 bridgehead atoms. The molecular formula is C24H40O3. The molecule has 3 heteroatoms. The number of unbranched alkanes of at least 4 members (excludes halogenated alkanes) is 14. The number of methoxy groups -OCH3 is 1. The van der Waals surface area contributed by atoms with Crippen LogP contribution >= 0.6 is 0 Å². The minimum Gasteiger partial charge on any atom is -0.493 e. The van der Waals surface area contributed by atoms with E-state index in [-0.39, 0.29) is 17.3 Å². The minimum atomic E-state index is -0.137. The molecule has 0 aromatic rings. The van der Waals surface area contributed by atoms with E-state index in [0.717, 1.165) is 12.8 Å². The highest BCUT2D eigenvalue weighted by Crippen LogP contribution is 2.20. The van der Waals surface area contributed by atoms with Crippen molar-refractivity contribution in [3.8, 4) is 0 Å². The molecule has 0 radical (unpaired) electrons. The summed E-state index contributed by atoms with van der Waals surface area (Å²) in [5, 5.41) is 0. The maximum atomic E-state index is 12.1. The first-order valence-electron chi connectivity index (χ1n) is 11.2. The summed E-state index contributed by atoms with van der Waals surface area (Å²) in [6, 6.07) is 0. The molecule has 1 aliphatic carbocycles. The van der Waals surface area contributed by atoms with E-state index in [9.17, 15) is 9.59 Å². The predicted molar refractivity (Wildman–Crippen MR) is 113 cm³/mol. The van der Waals surface area contributed by atoms with Gasteiger partial charge in [0.15, 0.2) is 11.5 Å². The number of carbonyl (C=O) groups excluding carboxylic acids is 2. The first-order valence-corrected chi connectivity index (χ1v) is 11.2.